The molecule has 1 saturated heterocycles. The molecule has 116 valence electrons. The molecule has 1 heterocycles. The molecule has 1 aliphatic heterocycles. The minimum Gasteiger partial charge on any atom is -0.497 e. The highest BCUT2D eigenvalue weighted by Crippen LogP contribution is 2.18. The molecule has 21 heavy (non-hydrogen) atoms. The van der Waals surface area contributed by atoms with Gasteiger partial charge in [0.25, 0.3) is 0 Å². The number of hydrogen-bond donors (Lipinski definition) is 2. The van der Waals surface area contributed by atoms with Crippen molar-refractivity contribution in [1.82, 2.24) is 10.2 Å². The van der Waals surface area contributed by atoms with Crippen LogP contribution in [0.5, 0.6) is 5.75 Å². The fourth-order valence-corrected chi connectivity index (χ4v) is 2.61. The monoisotopic (exact) mass is 291 g/mol. The van der Waals surface area contributed by atoms with E-state index in [1.165, 1.54) is 0 Å². The molecule has 0 unspecified atom stereocenters. The van der Waals surface area contributed by atoms with Crippen molar-refractivity contribution in [2.24, 2.45) is 5.92 Å². The van der Waals surface area contributed by atoms with E-state index in [4.69, 9.17) is 4.74 Å². The van der Waals surface area contributed by atoms with Crippen LogP contribution in [0.25, 0.3) is 0 Å². The zero-order valence-electron chi connectivity index (χ0n) is 13.1. The Hall–Kier alpha value is -1.75. The van der Waals surface area contributed by atoms with Gasteiger partial charge in [-0.15, -0.1) is 0 Å². The van der Waals surface area contributed by atoms with Gasteiger partial charge in [-0.1, -0.05) is 6.07 Å². The maximum absolute atomic E-state index is 11.9. The van der Waals surface area contributed by atoms with E-state index >= 15 is 0 Å². The lowest BCUT2D eigenvalue weighted by molar-refractivity contribution is 0.247. The van der Waals surface area contributed by atoms with Crippen molar-refractivity contribution in [3.05, 3.63) is 24.3 Å². The van der Waals surface area contributed by atoms with E-state index in [0.29, 0.717) is 12.0 Å². The SMILES string of the molecule is COc1cccc(NC(=O)NC[C@H]2CCN(C(C)C)C2)c1. The van der Waals surface area contributed by atoms with E-state index in [9.17, 15) is 4.79 Å². The number of anilines is 1. The first kappa shape index (κ1) is 15.6. The molecule has 2 amide bonds. The van der Waals surface area contributed by atoms with Crippen molar-refractivity contribution in [3.8, 4) is 5.75 Å². The molecule has 1 aromatic rings. The van der Waals surface area contributed by atoms with Gasteiger partial charge < -0.3 is 20.3 Å². The van der Waals surface area contributed by atoms with Crippen molar-refractivity contribution in [3.63, 3.8) is 0 Å². The minimum atomic E-state index is -0.161. The Morgan fingerprint density at radius 3 is 2.95 bits per heavy atom. The third-order valence-corrected chi connectivity index (χ3v) is 3.93. The minimum absolute atomic E-state index is 0.161. The molecule has 0 bridgehead atoms. The van der Waals surface area contributed by atoms with Crippen LogP contribution in [-0.2, 0) is 0 Å². The third kappa shape index (κ3) is 4.63. The molecule has 0 radical (unpaired) electrons. The smallest absolute Gasteiger partial charge is 0.319 e. The molecule has 5 nitrogen and oxygen atoms in total. The Labute approximate surface area is 126 Å². The maximum Gasteiger partial charge on any atom is 0.319 e. The number of benzene rings is 1. The van der Waals surface area contributed by atoms with Crippen molar-refractivity contribution in [1.29, 1.82) is 0 Å². The van der Waals surface area contributed by atoms with Crippen LogP contribution in [0.2, 0.25) is 0 Å². The number of urea groups is 1. The number of nitrogens with zero attached hydrogens (tertiary/aromatic N) is 1. The summed E-state index contributed by atoms with van der Waals surface area (Å²) in [4.78, 5) is 14.4. The second kappa shape index (κ2) is 7.31. The van der Waals surface area contributed by atoms with Gasteiger partial charge >= 0.3 is 6.03 Å². The number of likely N-dealkylation sites (tertiary alicyclic amines) is 1. The Morgan fingerprint density at radius 2 is 2.29 bits per heavy atom. The number of methoxy groups -OCH3 is 1. The zero-order chi connectivity index (χ0) is 15.2. The van der Waals surface area contributed by atoms with Gasteiger partial charge in [0, 0.05) is 30.9 Å². The molecule has 1 atom stereocenters. The molecule has 0 spiro atoms. The molecule has 1 fully saturated rings. The summed E-state index contributed by atoms with van der Waals surface area (Å²) in [6, 6.07) is 7.77. The van der Waals surface area contributed by atoms with Crippen LogP contribution in [0.4, 0.5) is 10.5 Å². The van der Waals surface area contributed by atoms with Gasteiger partial charge in [0.2, 0.25) is 0 Å². The Kier molecular flexibility index (Phi) is 5.44. The van der Waals surface area contributed by atoms with Crippen LogP contribution in [0.15, 0.2) is 24.3 Å². The summed E-state index contributed by atoms with van der Waals surface area (Å²) in [6.07, 6.45) is 1.15. The lowest BCUT2D eigenvalue weighted by Gasteiger charge is -2.20. The molecule has 0 aliphatic carbocycles. The molecule has 2 rings (SSSR count). The van der Waals surface area contributed by atoms with Gasteiger partial charge in [-0.3, -0.25) is 0 Å². The second-order valence-corrected chi connectivity index (χ2v) is 5.81. The summed E-state index contributed by atoms with van der Waals surface area (Å²) in [7, 11) is 1.61. The van der Waals surface area contributed by atoms with Gasteiger partial charge in [-0.25, -0.2) is 4.79 Å². The summed E-state index contributed by atoms with van der Waals surface area (Å²) < 4.78 is 5.13. The predicted octanol–water partition coefficient (Wildman–Crippen LogP) is 2.55. The third-order valence-electron chi connectivity index (χ3n) is 3.93. The first-order valence-corrected chi connectivity index (χ1v) is 7.51. The first-order valence-electron chi connectivity index (χ1n) is 7.51. The second-order valence-electron chi connectivity index (χ2n) is 5.81. The molecule has 5 heteroatoms. The average molecular weight is 291 g/mol. The predicted molar refractivity (Wildman–Crippen MR) is 84.8 cm³/mol. The Balaban J connectivity index is 1.75. The molecule has 1 aromatic carbocycles. The van der Waals surface area contributed by atoms with E-state index in [2.05, 4.69) is 29.4 Å². The summed E-state index contributed by atoms with van der Waals surface area (Å²) in [5.41, 5.74) is 0.738. The van der Waals surface area contributed by atoms with Crippen LogP contribution >= 0.6 is 0 Å². The van der Waals surface area contributed by atoms with E-state index in [1.54, 1.807) is 13.2 Å². The molecule has 1 aliphatic rings. The fourth-order valence-electron chi connectivity index (χ4n) is 2.61. The van der Waals surface area contributed by atoms with Crippen molar-refractivity contribution < 1.29 is 9.53 Å². The van der Waals surface area contributed by atoms with E-state index in [1.807, 2.05) is 18.2 Å². The summed E-state index contributed by atoms with van der Waals surface area (Å²) in [6.45, 7) is 7.34. The first-order chi connectivity index (χ1) is 10.1. The number of carbonyl (C=O) groups excluding carboxylic acids is 1. The quantitative estimate of drug-likeness (QED) is 0.876. The standard InChI is InChI=1S/C16H25N3O2/c1-12(2)19-8-7-13(11-19)10-17-16(20)18-14-5-4-6-15(9-14)21-3/h4-6,9,12-13H,7-8,10-11H2,1-3H3,(H2,17,18,20)/t13-/m1/s1. The highest BCUT2D eigenvalue weighted by molar-refractivity contribution is 5.89. The number of rotatable bonds is 5. The normalized spacial score (nSPS) is 18.8. The highest BCUT2D eigenvalue weighted by Gasteiger charge is 2.24. The Morgan fingerprint density at radius 1 is 1.48 bits per heavy atom. The number of carbonyl (C=O) groups is 1. The van der Waals surface area contributed by atoms with Gasteiger partial charge in [0.15, 0.2) is 0 Å². The summed E-state index contributed by atoms with van der Waals surface area (Å²) in [5.74, 6) is 1.28. The van der Waals surface area contributed by atoms with Crippen LogP contribution in [0.3, 0.4) is 0 Å². The largest absolute Gasteiger partial charge is 0.497 e. The van der Waals surface area contributed by atoms with Crippen LogP contribution < -0.4 is 15.4 Å². The van der Waals surface area contributed by atoms with E-state index in [0.717, 1.165) is 37.5 Å². The molecule has 2 N–H and O–H groups in total. The van der Waals surface area contributed by atoms with E-state index in [-0.39, 0.29) is 6.03 Å². The number of hydrogen-bond acceptors (Lipinski definition) is 3. The van der Waals surface area contributed by atoms with Crippen LogP contribution in [0.1, 0.15) is 20.3 Å². The van der Waals surface area contributed by atoms with Crippen molar-refractivity contribution in [2.75, 3.05) is 32.1 Å². The average Bonchev–Trinajstić information content (AvgIpc) is 2.94. The number of amides is 2. The van der Waals surface area contributed by atoms with Crippen molar-refractivity contribution >= 4 is 11.7 Å². The Bertz CT molecular complexity index is 476. The van der Waals surface area contributed by atoms with Crippen LogP contribution in [-0.4, -0.2) is 43.7 Å². The van der Waals surface area contributed by atoms with Crippen molar-refractivity contribution in [2.45, 2.75) is 26.3 Å². The molecule has 0 aromatic heterocycles. The lowest BCUT2D eigenvalue weighted by Crippen LogP contribution is -2.35. The molecule has 0 saturated carbocycles. The number of ether oxygens (including phenoxy) is 1. The van der Waals surface area contributed by atoms with Gasteiger partial charge in [0.05, 0.1) is 7.11 Å². The molecular weight excluding hydrogens is 266 g/mol. The van der Waals surface area contributed by atoms with Gasteiger partial charge in [-0.05, 0) is 44.9 Å². The van der Waals surface area contributed by atoms with Gasteiger partial charge in [0.1, 0.15) is 5.75 Å². The lowest BCUT2D eigenvalue weighted by atomic mass is 10.1. The maximum atomic E-state index is 11.9. The summed E-state index contributed by atoms with van der Waals surface area (Å²) >= 11 is 0. The van der Waals surface area contributed by atoms with E-state index < -0.39 is 0 Å². The topological polar surface area (TPSA) is 53.6 Å². The van der Waals surface area contributed by atoms with Crippen LogP contribution in [0, 0.1) is 5.92 Å². The fraction of sp³-hybridized carbons (Fsp3) is 0.562. The molecular formula is C16H25N3O2. The zero-order valence-corrected chi connectivity index (χ0v) is 13.1. The highest BCUT2D eigenvalue weighted by atomic mass is 16.5. The number of nitrogens with one attached hydrogen (secondary N) is 2. The van der Waals surface area contributed by atoms with Gasteiger partial charge in [-0.2, -0.15) is 0 Å². The summed E-state index contributed by atoms with van der Waals surface area (Å²) in [5, 5.41) is 5.78.